The molecule has 4 aromatic rings. The lowest BCUT2D eigenvalue weighted by Crippen LogP contribution is -2.20. The van der Waals surface area contributed by atoms with Crippen molar-refractivity contribution in [1.29, 1.82) is 0 Å². The molecule has 0 bridgehead atoms. The van der Waals surface area contributed by atoms with Crippen LogP contribution in [0.5, 0.6) is 5.75 Å². The first-order valence-electron chi connectivity index (χ1n) is 9.71. The number of nitro groups is 1. The number of para-hydroxylation sites is 1. The molecule has 0 saturated carbocycles. The van der Waals surface area contributed by atoms with Gasteiger partial charge in [0.1, 0.15) is 18.2 Å². The summed E-state index contributed by atoms with van der Waals surface area (Å²) in [6.45, 7) is 1.62. The molecule has 1 heterocycles. The van der Waals surface area contributed by atoms with Crippen LogP contribution in [0, 0.1) is 22.9 Å². The number of aryl methyl sites for hydroxylation is 1. The average molecular weight is 511 g/mol. The van der Waals surface area contributed by atoms with Gasteiger partial charge < -0.3 is 4.74 Å². The summed E-state index contributed by atoms with van der Waals surface area (Å²) in [7, 11) is 0. The molecule has 166 valence electrons. The quantitative estimate of drug-likeness (QED) is 0.207. The molecule has 0 atom stereocenters. The third kappa shape index (κ3) is 4.80. The fourth-order valence-electron chi connectivity index (χ4n) is 3.20. The van der Waals surface area contributed by atoms with E-state index >= 15 is 0 Å². The van der Waals surface area contributed by atoms with Gasteiger partial charge in [-0.2, -0.15) is 9.78 Å². The maximum atomic E-state index is 13.1. The predicted octanol–water partition coefficient (Wildman–Crippen LogP) is 4.98. The summed E-state index contributed by atoms with van der Waals surface area (Å²) in [4.78, 5) is 28.3. The Morgan fingerprint density at radius 2 is 1.97 bits per heavy atom. The Morgan fingerprint density at radius 1 is 1.21 bits per heavy atom. The number of hydrogen-bond donors (Lipinski definition) is 0. The van der Waals surface area contributed by atoms with E-state index in [1.54, 1.807) is 31.2 Å². The minimum absolute atomic E-state index is 0.0160. The highest BCUT2D eigenvalue weighted by Gasteiger charge is 2.19. The molecule has 0 fully saturated rings. The molecule has 0 aliphatic heterocycles. The highest BCUT2D eigenvalue weighted by Crippen LogP contribution is 2.31. The Hall–Kier alpha value is -3.92. The molecule has 0 unspecified atom stereocenters. The summed E-state index contributed by atoms with van der Waals surface area (Å²) in [6, 6.07) is 15.2. The zero-order chi connectivity index (χ0) is 23.5. The number of ether oxygens (including phenoxy) is 1. The zero-order valence-electron chi connectivity index (χ0n) is 17.2. The van der Waals surface area contributed by atoms with Crippen molar-refractivity contribution in [3.63, 3.8) is 0 Å². The van der Waals surface area contributed by atoms with Gasteiger partial charge in [0.25, 0.3) is 5.56 Å². The average Bonchev–Trinajstić information content (AvgIpc) is 2.79. The standard InChI is InChI=1S/C23H16BrFN4O4/c1-14-27-20-10-7-17(24)11-19(20)23(30)28(14)26-12-16-3-2-4-21(29(31)32)22(16)33-13-15-5-8-18(25)9-6-15/h2-12H,13H2,1H3. The molecule has 0 N–H and O–H groups in total. The maximum Gasteiger partial charge on any atom is 0.311 e. The number of fused-ring (bicyclic) bond motifs is 1. The largest absolute Gasteiger partial charge is 0.481 e. The molecule has 0 radical (unpaired) electrons. The van der Waals surface area contributed by atoms with E-state index in [-0.39, 0.29) is 23.6 Å². The van der Waals surface area contributed by atoms with Crippen LogP contribution in [-0.4, -0.2) is 20.8 Å². The third-order valence-corrected chi connectivity index (χ3v) is 5.29. The predicted molar refractivity (Wildman–Crippen MR) is 125 cm³/mol. The smallest absolute Gasteiger partial charge is 0.311 e. The number of halogens is 2. The van der Waals surface area contributed by atoms with Crippen molar-refractivity contribution >= 4 is 38.7 Å². The maximum absolute atomic E-state index is 13.1. The minimum Gasteiger partial charge on any atom is -0.481 e. The Morgan fingerprint density at radius 3 is 2.70 bits per heavy atom. The van der Waals surface area contributed by atoms with Crippen molar-refractivity contribution in [2.24, 2.45) is 5.10 Å². The Labute approximate surface area is 195 Å². The molecule has 4 rings (SSSR count). The van der Waals surface area contributed by atoms with E-state index < -0.39 is 10.7 Å². The van der Waals surface area contributed by atoms with Crippen LogP contribution in [0.1, 0.15) is 17.0 Å². The van der Waals surface area contributed by atoms with Crippen molar-refractivity contribution in [2.75, 3.05) is 0 Å². The number of rotatable bonds is 6. The molecule has 33 heavy (non-hydrogen) atoms. The Balaban J connectivity index is 1.73. The van der Waals surface area contributed by atoms with Crippen molar-refractivity contribution in [3.8, 4) is 5.75 Å². The summed E-state index contributed by atoms with van der Waals surface area (Å²) < 4.78 is 20.7. The van der Waals surface area contributed by atoms with Gasteiger partial charge in [0.2, 0.25) is 5.75 Å². The topological polar surface area (TPSA) is 99.6 Å². The second kappa shape index (κ2) is 9.29. The SMILES string of the molecule is Cc1nc2ccc(Br)cc2c(=O)n1N=Cc1cccc([N+](=O)[O-])c1OCc1ccc(F)cc1. The second-order valence-corrected chi connectivity index (χ2v) is 7.97. The molecule has 0 aliphatic carbocycles. The number of hydrogen-bond acceptors (Lipinski definition) is 6. The Bertz CT molecular complexity index is 1450. The first-order chi connectivity index (χ1) is 15.8. The van der Waals surface area contributed by atoms with E-state index in [0.29, 0.717) is 27.9 Å². The molecular formula is C23H16BrFN4O4. The van der Waals surface area contributed by atoms with Crippen LogP contribution in [0.4, 0.5) is 10.1 Å². The lowest BCUT2D eigenvalue weighted by atomic mass is 10.2. The first kappa shape index (κ1) is 22.3. The van der Waals surface area contributed by atoms with E-state index in [4.69, 9.17) is 4.74 Å². The van der Waals surface area contributed by atoms with Crippen LogP contribution in [-0.2, 0) is 6.61 Å². The summed E-state index contributed by atoms with van der Waals surface area (Å²) in [5.41, 5.74) is 0.825. The molecule has 0 saturated heterocycles. The number of aromatic nitrogens is 2. The molecule has 0 spiro atoms. The number of nitro benzene ring substituents is 1. The normalized spacial score (nSPS) is 11.2. The monoisotopic (exact) mass is 510 g/mol. The Kier molecular flexibility index (Phi) is 6.27. The van der Waals surface area contributed by atoms with Gasteiger partial charge in [-0.3, -0.25) is 14.9 Å². The highest BCUT2D eigenvalue weighted by atomic mass is 79.9. The van der Waals surface area contributed by atoms with Crippen molar-refractivity contribution < 1.29 is 14.1 Å². The second-order valence-electron chi connectivity index (χ2n) is 7.05. The third-order valence-electron chi connectivity index (χ3n) is 4.80. The lowest BCUT2D eigenvalue weighted by molar-refractivity contribution is -0.385. The highest BCUT2D eigenvalue weighted by molar-refractivity contribution is 9.10. The van der Waals surface area contributed by atoms with Gasteiger partial charge in [-0.25, -0.2) is 9.37 Å². The lowest BCUT2D eigenvalue weighted by Gasteiger charge is -2.10. The minimum atomic E-state index is -0.566. The van der Waals surface area contributed by atoms with Gasteiger partial charge in [0, 0.05) is 16.1 Å². The van der Waals surface area contributed by atoms with E-state index in [0.717, 1.165) is 9.15 Å². The molecular weight excluding hydrogens is 495 g/mol. The summed E-state index contributed by atoms with van der Waals surface area (Å²) in [5.74, 6) is -0.0582. The van der Waals surface area contributed by atoms with Gasteiger partial charge in [-0.05, 0) is 48.9 Å². The molecule has 1 aromatic heterocycles. The van der Waals surface area contributed by atoms with Crippen LogP contribution in [0.3, 0.4) is 0 Å². The van der Waals surface area contributed by atoms with Crippen molar-refractivity contribution in [1.82, 2.24) is 9.66 Å². The van der Waals surface area contributed by atoms with Crippen LogP contribution >= 0.6 is 15.9 Å². The van der Waals surface area contributed by atoms with Crippen molar-refractivity contribution in [2.45, 2.75) is 13.5 Å². The van der Waals surface area contributed by atoms with Crippen LogP contribution in [0.15, 0.2) is 75.0 Å². The van der Waals surface area contributed by atoms with E-state index in [1.807, 2.05) is 0 Å². The summed E-state index contributed by atoms with van der Waals surface area (Å²) >= 11 is 3.34. The van der Waals surface area contributed by atoms with Crippen LogP contribution < -0.4 is 10.3 Å². The van der Waals surface area contributed by atoms with E-state index in [9.17, 15) is 19.3 Å². The number of benzene rings is 3. The molecule has 0 amide bonds. The van der Waals surface area contributed by atoms with Gasteiger partial charge in [-0.1, -0.05) is 34.1 Å². The molecule has 0 aliphatic rings. The van der Waals surface area contributed by atoms with Gasteiger partial charge in [0.05, 0.1) is 22.0 Å². The summed E-state index contributed by atoms with van der Waals surface area (Å²) in [6.07, 6.45) is 1.31. The molecule has 8 nitrogen and oxygen atoms in total. The van der Waals surface area contributed by atoms with E-state index in [2.05, 4.69) is 26.0 Å². The molecule has 3 aromatic carbocycles. The molecule has 10 heteroatoms. The van der Waals surface area contributed by atoms with Crippen LogP contribution in [0.2, 0.25) is 0 Å². The van der Waals surface area contributed by atoms with Gasteiger partial charge >= 0.3 is 5.69 Å². The van der Waals surface area contributed by atoms with Gasteiger partial charge in [-0.15, -0.1) is 0 Å². The van der Waals surface area contributed by atoms with E-state index in [1.165, 1.54) is 42.6 Å². The fraction of sp³-hybridized carbons (Fsp3) is 0.0870. The van der Waals surface area contributed by atoms with Crippen LogP contribution in [0.25, 0.3) is 10.9 Å². The van der Waals surface area contributed by atoms with Crippen molar-refractivity contribution in [3.05, 3.63) is 108 Å². The fourth-order valence-corrected chi connectivity index (χ4v) is 3.56. The summed E-state index contributed by atoms with van der Waals surface area (Å²) in [5, 5.41) is 16.2. The zero-order valence-corrected chi connectivity index (χ0v) is 18.8. The first-order valence-corrected chi connectivity index (χ1v) is 10.5. The van der Waals surface area contributed by atoms with Gasteiger partial charge in [0.15, 0.2) is 0 Å². The number of nitrogens with zero attached hydrogens (tertiary/aromatic N) is 4.